The Morgan fingerprint density at radius 2 is 1.90 bits per heavy atom. The summed E-state index contributed by atoms with van der Waals surface area (Å²) in [5.74, 6) is 3.49. The van der Waals surface area contributed by atoms with Gasteiger partial charge in [0.25, 0.3) is 0 Å². The van der Waals surface area contributed by atoms with Crippen molar-refractivity contribution < 1.29 is 24.2 Å². The molecule has 0 aliphatic carbocycles. The number of nitrogens with one attached hydrogen (secondary N) is 2. The molecule has 0 aromatic rings. The summed E-state index contributed by atoms with van der Waals surface area (Å²) in [6.07, 6.45) is -0.138. The molecular weight excluding hydrogens is 276 g/mol. The van der Waals surface area contributed by atoms with Crippen LogP contribution in [0.4, 0.5) is 4.79 Å². The van der Waals surface area contributed by atoms with E-state index in [9.17, 15) is 14.4 Å². The minimum atomic E-state index is -1.21. The van der Waals surface area contributed by atoms with E-state index in [-0.39, 0.29) is 19.4 Å². The largest absolute Gasteiger partial charge is 0.480 e. The molecule has 118 valence electrons. The minimum Gasteiger partial charge on any atom is -0.480 e. The second-order valence-electron chi connectivity index (χ2n) is 5.27. The molecule has 0 saturated heterocycles. The molecule has 0 bridgehead atoms. The zero-order valence-corrected chi connectivity index (χ0v) is 12.8. The number of carbonyl (C=O) groups is 3. The summed E-state index contributed by atoms with van der Waals surface area (Å²) >= 11 is 0. The van der Waals surface area contributed by atoms with E-state index < -0.39 is 29.6 Å². The van der Waals surface area contributed by atoms with Crippen LogP contribution in [0.3, 0.4) is 0 Å². The van der Waals surface area contributed by atoms with Gasteiger partial charge in [-0.2, -0.15) is 0 Å². The van der Waals surface area contributed by atoms with E-state index in [2.05, 4.69) is 22.5 Å². The van der Waals surface area contributed by atoms with E-state index in [1.807, 2.05) is 0 Å². The van der Waals surface area contributed by atoms with Crippen LogP contribution in [0.25, 0.3) is 0 Å². The smallest absolute Gasteiger partial charge is 0.326 e. The van der Waals surface area contributed by atoms with Crippen molar-refractivity contribution in [2.24, 2.45) is 0 Å². The number of urea groups is 1. The Labute approximate surface area is 124 Å². The van der Waals surface area contributed by atoms with Gasteiger partial charge in [-0.1, -0.05) is 5.92 Å². The third-order valence-electron chi connectivity index (χ3n) is 2.17. The van der Waals surface area contributed by atoms with Crippen molar-refractivity contribution in [3.05, 3.63) is 0 Å². The van der Waals surface area contributed by atoms with Gasteiger partial charge in [-0.25, -0.2) is 9.59 Å². The molecule has 0 aromatic heterocycles. The first kappa shape index (κ1) is 18.8. The van der Waals surface area contributed by atoms with Crippen LogP contribution < -0.4 is 10.6 Å². The van der Waals surface area contributed by atoms with Crippen LogP contribution in [0.15, 0.2) is 0 Å². The molecule has 0 radical (unpaired) electrons. The molecule has 2 amide bonds. The number of carboxylic acid groups (broad SMARTS) is 1. The summed E-state index contributed by atoms with van der Waals surface area (Å²) in [6, 6.07) is -1.80. The Balaban J connectivity index is 4.30. The number of ether oxygens (including phenoxy) is 1. The molecule has 0 aliphatic heterocycles. The van der Waals surface area contributed by atoms with E-state index in [1.165, 1.54) is 0 Å². The van der Waals surface area contributed by atoms with E-state index >= 15 is 0 Å². The van der Waals surface area contributed by atoms with E-state index in [0.717, 1.165) is 0 Å². The number of aliphatic carboxylic acids is 1. The first-order valence-corrected chi connectivity index (χ1v) is 6.54. The van der Waals surface area contributed by atoms with Crippen LogP contribution in [0.5, 0.6) is 0 Å². The van der Waals surface area contributed by atoms with Crippen molar-refractivity contribution in [1.29, 1.82) is 0 Å². The third-order valence-corrected chi connectivity index (χ3v) is 2.17. The quantitative estimate of drug-likeness (QED) is 0.499. The van der Waals surface area contributed by atoms with Crippen LogP contribution in [0.1, 0.15) is 40.5 Å². The van der Waals surface area contributed by atoms with Crippen molar-refractivity contribution in [2.45, 2.75) is 52.2 Å². The highest BCUT2D eigenvalue weighted by molar-refractivity contribution is 5.83. The fourth-order valence-corrected chi connectivity index (χ4v) is 1.33. The van der Waals surface area contributed by atoms with Crippen molar-refractivity contribution in [3.8, 4) is 11.8 Å². The maximum Gasteiger partial charge on any atom is 0.326 e. The predicted octanol–water partition coefficient (Wildman–Crippen LogP) is 0.884. The van der Waals surface area contributed by atoms with Gasteiger partial charge in [-0.05, 0) is 34.1 Å². The van der Waals surface area contributed by atoms with Crippen LogP contribution in [-0.2, 0) is 14.3 Å². The monoisotopic (exact) mass is 298 g/mol. The topological polar surface area (TPSA) is 105 Å². The molecule has 7 nitrogen and oxygen atoms in total. The van der Waals surface area contributed by atoms with Gasteiger partial charge < -0.3 is 20.5 Å². The molecule has 0 fully saturated rings. The second-order valence-corrected chi connectivity index (χ2v) is 5.27. The van der Waals surface area contributed by atoms with E-state index in [0.29, 0.717) is 0 Å². The number of rotatable bonds is 6. The lowest BCUT2D eigenvalue weighted by Crippen LogP contribution is -2.46. The van der Waals surface area contributed by atoms with Crippen molar-refractivity contribution in [1.82, 2.24) is 10.6 Å². The average molecular weight is 298 g/mol. The zero-order valence-electron chi connectivity index (χ0n) is 12.8. The molecule has 7 heteroatoms. The molecule has 21 heavy (non-hydrogen) atoms. The van der Waals surface area contributed by atoms with Gasteiger partial charge in [0, 0.05) is 6.42 Å². The van der Waals surface area contributed by atoms with Crippen LogP contribution in [0, 0.1) is 11.8 Å². The van der Waals surface area contributed by atoms with Gasteiger partial charge in [0.2, 0.25) is 0 Å². The average Bonchev–Trinajstić information content (AvgIpc) is 2.32. The molecule has 3 N–H and O–H groups in total. The molecule has 0 spiro atoms. The highest BCUT2D eigenvalue weighted by Gasteiger charge is 2.23. The standard InChI is InChI=1S/C14H22N2O5/c1-5-6-9-15-13(20)16-10(12(18)19)7-8-11(17)21-14(2,3)4/h10H,7-9H2,1-4H3,(H,18,19)(H2,15,16,20)/t10-/m1/s1. The molecule has 0 unspecified atom stereocenters. The van der Waals surface area contributed by atoms with Crippen LogP contribution >= 0.6 is 0 Å². The molecule has 1 atom stereocenters. The summed E-state index contributed by atoms with van der Waals surface area (Å²) in [4.78, 5) is 34.0. The van der Waals surface area contributed by atoms with Gasteiger partial charge in [0.05, 0.1) is 6.54 Å². The molecule has 0 heterocycles. The molecule has 0 saturated carbocycles. The first-order chi connectivity index (χ1) is 9.65. The summed E-state index contributed by atoms with van der Waals surface area (Å²) in [5, 5.41) is 13.7. The summed E-state index contributed by atoms with van der Waals surface area (Å²) < 4.78 is 5.07. The molecule has 0 rings (SSSR count). The summed E-state index contributed by atoms with van der Waals surface area (Å²) in [7, 11) is 0. The van der Waals surface area contributed by atoms with Gasteiger partial charge in [-0.3, -0.25) is 4.79 Å². The normalized spacial score (nSPS) is 11.6. The van der Waals surface area contributed by atoms with Gasteiger partial charge in [-0.15, -0.1) is 5.92 Å². The SMILES string of the molecule is CC#CCNC(=O)N[C@H](CCC(=O)OC(C)(C)C)C(=O)O. The lowest BCUT2D eigenvalue weighted by Gasteiger charge is -2.20. The van der Waals surface area contributed by atoms with Crippen molar-refractivity contribution >= 4 is 18.0 Å². The third kappa shape index (κ3) is 10.2. The second kappa shape index (κ2) is 8.84. The predicted molar refractivity (Wildman–Crippen MR) is 76.5 cm³/mol. The first-order valence-electron chi connectivity index (χ1n) is 6.54. The maximum absolute atomic E-state index is 11.5. The lowest BCUT2D eigenvalue weighted by atomic mass is 10.1. The van der Waals surface area contributed by atoms with Crippen molar-refractivity contribution in [2.75, 3.05) is 6.54 Å². The minimum absolute atomic E-state index is 0.0445. The Hall–Kier alpha value is -2.23. The Kier molecular flexibility index (Phi) is 7.91. The Morgan fingerprint density at radius 1 is 1.29 bits per heavy atom. The Morgan fingerprint density at radius 3 is 2.38 bits per heavy atom. The van der Waals surface area contributed by atoms with E-state index in [4.69, 9.17) is 9.84 Å². The van der Waals surface area contributed by atoms with Crippen LogP contribution in [0.2, 0.25) is 0 Å². The Bertz CT molecular complexity index is 443. The van der Waals surface area contributed by atoms with Gasteiger partial charge in [0.1, 0.15) is 11.6 Å². The highest BCUT2D eigenvalue weighted by atomic mass is 16.6. The number of carbonyl (C=O) groups excluding carboxylic acids is 2. The van der Waals surface area contributed by atoms with Gasteiger partial charge in [0.15, 0.2) is 0 Å². The molecule has 0 aliphatic rings. The number of hydrogen-bond acceptors (Lipinski definition) is 4. The number of esters is 1. The maximum atomic E-state index is 11.5. The van der Waals surface area contributed by atoms with Gasteiger partial charge >= 0.3 is 18.0 Å². The highest BCUT2D eigenvalue weighted by Crippen LogP contribution is 2.10. The van der Waals surface area contributed by atoms with E-state index in [1.54, 1.807) is 27.7 Å². The molecule has 0 aromatic carbocycles. The molecular formula is C14H22N2O5. The zero-order chi connectivity index (χ0) is 16.5. The summed E-state index contributed by atoms with van der Waals surface area (Å²) in [5.41, 5.74) is -0.626. The van der Waals surface area contributed by atoms with Crippen molar-refractivity contribution in [3.63, 3.8) is 0 Å². The number of amides is 2. The summed E-state index contributed by atoms with van der Waals surface area (Å²) in [6.45, 7) is 6.92. The van der Waals surface area contributed by atoms with Crippen LogP contribution in [-0.4, -0.2) is 41.3 Å². The fourth-order valence-electron chi connectivity index (χ4n) is 1.33. The number of hydrogen-bond donors (Lipinski definition) is 3. The fraction of sp³-hybridized carbons (Fsp3) is 0.643. The lowest BCUT2D eigenvalue weighted by molar-refractivity contribution is -0.155. The number of carboxylic acids is 1.